The fourth-order valence-electron chi connectivity index (χ4n) is 2.87. The molecule has 2 aromatic carbocycles. The van der Waals surface area contributed by atoms with Crippen LogP contribution in [0.5, 0.6) is 5.75 Å². The molecule has 6 nitrogen and oxygen atoms in total. The highest BCUT2D eigenvalue weighted by Gasteiger charge is 2.42. The number of nitrogens with zero attached hydrogens (tertiary/aromatic N) is 1. The Morgan fingerprint density at radius 1 is 1.24 bits per heavy atom. The maximum atomic E-state index is 12.9. The fourth-order valence-corrected chi connectivity index (χ4v) is 5.72. The minimum Gasteiger partial charge on any atom is -0.497 e. The van der Waals surface area contributed by atoms with Gasteiger partial charge in [-0.2, -0.15) is 0 Å². The van der Waals surface area contributed by atoms with Crippen LogP contribution in [-0.2, 0) is 10.8 Å². The smallest absolute Gasteiger partial charge is 0.274 e. The number of hydrogen-bond acceptors (Lipinski definition) is 6. The summed E-state index contributed by atoms with van der Waals surface area (Å²) in [7, 11) is -0.0167. The average molecular weight is 377 g/mol. The molecule has 3 atom stereocenters. The number of carbonyl (C=O) groups is 1. The predicted octanol–water partition coefficient (Wildman–Crippen LogP) is 3.38. The van der Waals surface area contributed by atoms with E-state index in [0.29, 0.717) is 16.9 Å². The molecule has 25 heavy (non-hydrogen) atoms. The van der Waals surface area contributed by atoms with Gasteiger partial charge in [0.2, 0.25) is 0 Å². The van der Waals surface area contributed by atoms with Gasteiger partial charge < -0.3 is 4.74 Å². The monoisotopic (exact) mass is 377 g/mol. The molecule has 2 aromatic rings. The lowest BCUT2D eigenvalue weighted by molar-refractivity contribution is -0.385. The summed E-state index contributed by atoms with van der Waals surface area (Å²) >= 11 is 1.33. The largest absolute Gasteiger partial charge is 0.497 e. The van der Waals surface area contributed by atoms with Gasteiger partial charge in [-0.3, -0.25) is 19.1 Å². The van der Waals surface area contributed by atoms with Gasteiger partial charge in [0.1, 0.15) is 11.0 Å². The van der Waals surface area contributed by atoms with E-state index < -0.39 is 26.2 Å². The van der Waals surface area contributed by atoms with Crippen molar-refractivity contribution in [2.24, 2.45) is 0 Å². The van der Waals surface area contributed by atoms with E-state index in [0.717, 1.165) is 4.90 Å². The Morgan fingerprint density at radius 2 is 1.96 bits per heavy atom. The van der Waals surface area contributed by atoms with E-state index in [1.807, 2.05) is 0 Å². The zero-order valence-corrected chi connectivity index (χ0v) is 15.1. The van der Waals surface area contributed by atoms with Gasteiger partial charge in [-0.15, -0.1) is 11.8 Å². The van der Waals surface area contributed by atoms with Crippen molar-refractivity contribution in [3.63, 3.8) is 0 Å². The quantitative estimate of drug-likeness (QED) is 0.600. The maximum absolute atomic E-state index is 12.9. The van der Waals surface area contributed by atoms with Crippen molar-refractivity contribution in [2.45, 2.75) is 15.4 Å². The summed E-state index contributed by atoms with van der Waals surface area (Å²) < 4.78 is 17.5. The lowest BCUT2D eigenvalue weighted by atomic mass is 9.99. The van der Waals surface area contributed by atoms with Gasteiger partial charge >= 0.3 is 0 Å². The molecule has 130 valence electrons. The molecule has 0 aromatic heterocycles. The summed E-state index contributed by atoms with van der Waals surface area (Å²) in [5, 5.41) is 9.98. The van der Waals surface area contributed by atoms with Crippen molar-refractivity contribution in [3.8, 4) is 5.75 Å². The molecule has 0 spiro atoms. The summed E-state index contributed by atoms with van der Waals surface area (Å²) in [5.41, 5.74) is 0.743. The van der Waals surface area contributed by atoms with E-state index in [-0.39, 0.29) is 11.5 Å². The van der Waals surface area contributed by atoms with Crippen LogP contribution in [0.15, 0.2) is 47.4 Å². The van der Waals surface area contributed by atoms with Crippen LogP contribution in [0, 0.1) is 10.1 Å². The van der Waals surface area contributed by atoms with E-state index in [9.17, 15) is 19.1 Å². The SMILES string of the molecule is COc1ccc([N+](=O)[O-])c(C2Sc3ccccc3C(=O)C2S(C)=O)c1. The zero-order valence-electron chi connectivity index (χ0n) is 13.5. The Bertz CT molecular complexity index is 883. The van der Waals surface area contributed by atoms with Gasteiger partial charge in [0.15, 0.2) is 5.78 Å². The van der Waals surface area contributed by atoms with Crippen molar-refractivity contribution in [2.75, 3.05) is 13.4 Å². The number of hydrogen-bond donors (Lipinski definition) is 0. The molecule has 0 N–H and O–H groups in total. The van der Waals surface area contributed by atoms with Crippen LogP contribution in [-0.4, -0.2) is 33.5 Å². The normalized spacial score (nSPS) is 20.6. The molecular weight excluding hydrogens is 362 g/mol. The molecule has 8 heteroatoms. The van der Waals surface area contributed by atoms with Crippen LogP contribution in [0.3, 0.4) is 0 Å². The van der Waals surface area contributed by atoms with Gasteiger partial charge in [-0.05, 0) is 18.2 Å². The number of nitro groups is 1. The molecule has 0 bridgehead atoms. The van der Waals surface area contributed by atoms with Gasteiger partial charge in [0.05, 0.1) is 17.3 Å². The van der Waals surface area contributed by atoms with E-state index in [1.165, 1.54) is 37.3 Å². The Hall–Kier alpha value is -2.19. The summed E-state index contributed by atoms with van der Waals surface area (Å²) in [6, 6.07) is 11.5. The van der Waals surface area contributed by atoms with Crippen molar-refractivity contribution in [1.82, 2.24) is 0 Å². The topological polar surface area (TPSA) is 86.5 Å². The van der Waals surface area contributed by atoms with Crippen LogP contribution >= 0.6 is 11.8 Å². The first-order valence-corrected chi connectivity index (χ1v) is 9.88. The average Bonchev–Trinajstić information content (AvgIpc) is 2.60. The highest BCUT2D eigenvalue weighted by molar-refractivity contribution is 8.01. The highest BCUT2D eigenvalue weighted by Crippen LogP contribution is 2.49. The Morgan fingerprint density at radius 3 is 2.60 bits per heavy atom. The van der Waals surface area contributed by atoms with Crippen molar-refractivity contribution in [1.29, 1.82) is 0 Å². The molecule has 3 unspecified atom stereocenters. The lowest BCUT2D eigenvalue weighted by Gasteiger charge is -2.30. The molecule has 0 aliphatic carbocycles. The third-order valence-corrected chi connectivity index (χ3v) is 6.80. The maximum Gasteiger partial charge on any atom is 0.274 e. The summed E-state index contributed by atoms with van der Waals surface area (Å²) in [6.07, 6.45) is 1.45. The van der Waals surface area contributed by atoms with Crippen LogP contribution in [0.2, 0.25) is 0 Å². The fraction of sp³-hybridized carbons (Fsp3) is 0.235. The van der Waals surface area contributed by atoms with Gasteiger partial charge in [0.25, 0.3) is 5.69 Å². The number of rotatable bonds is 4. The Labute approximate surface area is 151 Å². The second-order valence-corrected chi connectivity index (χ2v) is 8.19. The second kappa shape index (κ2) is 6.97. The van der Waals surface area contributed by atoms with Crippen LogP contribution in [0.4, 0.5) is 5.69 Å². The minimum absolute atomic E-state index is 0.110. The van der Waals surface area contributed by atoms with E-state index in [1.54, 1.807) is 30.3 Å². The number of carbonyl (C=O) groups excluding carboxylic acids is 1. The number of nitro benzene ring substituents is 1. The second-order valence-electron chi connectivity index (χ2n) is 5.50. The Balaban J connectivity index is 2.20. The van der Waals surface area contributed by atoms with Gasteiger partial charge in [0, 0.05) is 39.1 Å². The summed E-state index contributed by atoms with van der Waals surface area (Å²) in [4.78, 5) is 24.6. The minimum atomic E-state index is -1.48. The molecule has 1 aliphatic rings. The lowest BCUT2D eigenvalue weighted by Crippen LogP contribution is -2.34. The summed E-state index contributed by atoms with van der Waals surface area (Å²) in [5.74, 6) is 0.199. The van der Waals surface area contributed by atoms with Gasteiger partial charge in [-0.1, -0.05) is 18.2 Å². The van der Waals surface area contributed by atoms with E-state index in [4.69, 9.17) is 4.74 Å². The molecule has 0 radical (unpaired) electrons. The number of methoxy groups -OCH3 is 1. The molecule has 0 saturated heterocycles. The molecule has 1 aliphatic heterocycles. The molecule has 3 rings (SSSR count). The van der Waals surface area contributed by atoms with Crippen molar-refractivity contribution < 1.29 is 18.7 Å². The van der Waals surface area contributed by atoms with Gasteiger partial charge in [-0.25, -0.2) is 0 Å². The standard InChI is InChI=1S/C17H15NO5S2/c1-23-10-7-8-13(18(20)21)12(9-10)16-17(25(2)22)15(19)11-5-3-4-6-14(11)24-16/h3-9,16-17H,1-2H3. The number of thioether (sulfide) groups is 1. The number of fused-ring (bicyclic) bond motifs is 1. The zero-order chi connectivity index (χ0) is 18.1. The third-order valence-electron chi connectivity index (χ3n) is 4.04. The van der Waals surface area contributed by atoms with Crippen LogP contribution < -0.4 is 4.74 Å². The van der Waals surface area contributed by atoms with Crippen LogP contribution in [0.25, 0.3) is 0 Å². The first-order chi connectivity index (χ1) is 11.9. The number of ketones is 1. The van der Waals surface area contributed by atoms with Crippen molar-refractivity contribution in [3.05, 3.63) is 63.7 Å². The number of benzene rings is 2. The first kappa shape index (κ1) is 17.6. The van der Waals surface area contributed by atoms with E-state index in [2.05, 4.69) is 0 Å². The molecule has 0 fully saturated rings. The highest BCUT2D eigenvalue weighted by atomic mass is 32.2. The Kier molecular flexibility index (Phi) is 4.91. The number of ether oxygens (including phenoxy) is 1. The third kappa shape index (κ3) is 3.19. The molecule has 0 saturated carbocycles. The van der Waals surface area contributed by atoms with E-state index >= 15 is 0 Å². The molecular formula is C17H15NO5S2. The predicted molar refractivity (Wildman–Crippen MR) is 96.9 cm³/mol. The number of Topliss-reactive ketones (excluding diaryl/α,β-unsaturated/α-hetero) is 1. The molecule has 1 heterocycles. The summed E-state index contributed by atoms with van der Waals surface area (Å²) in [6.45, 7) is 0. The first-order valence-electron chi connectivity index (χ1n) is 7.38. The van der Waals surface area contributed by atoms with Crippen molar-refractivity contribution >= 4 is 34.0 Å². The molecule has 0 amide bonds. The van der Waals surface area contributed by atoms with Crippen LogP contribution in [0.1, 0.15) is 21.2 Å².